The highest BCUT2D eigenvalue weighted by atomic mass is 16.2. The Labute approximate surface area is 119 Å². The predicted molar refractivity (Wildman–Crippen MR) is 78.3 cm³/mol. The van der Waals surface area contributed by atoms with Crippen molar-refractivity contribution in [1.82, 2.24) is 5.43 Å². The molecule has 1 aliphatic rings. The number of nitrogens with one attached hydrogen (secondary N) is 1. The summed E-state index contributed by atoms with van der Waals surface area (Å²) >= 11 is 0. The van der Waals surface area contributed by atoms with Crippen molar-refractivity contribution in [3.63, 3.8) is 0 Å². The molecule has 0 aliphatic carbocycles. The summed E-state index contributed by atoms with van der Waals surface area (Å²) in [5.74, 6) is 5.26. The number of carbonyl (C=O) groups is 2. The first kappa shape index (κ1) is 14.5. The third-order valence-electron chi connectivity index (χ3n) is 3.88. The molecule has 0 saturated carbocycles. The van der Waals surface area contributed by atoms with Crippen molar-refractivity contribution in [3.05, 3.63) is 29.8 Å². The van der Waals surface area contributed by atoms with Crippen LogP contribution in [0.4, 0.5) is 5.69 Å². The Morgan fingerprint density at radius 3 is 2.35 bits per heavy atom. The molecule has 0 bridgehead atoms. The molecule has 20 heavy (non-hydrogen) atoms. The molecule has 0 spiro atoms. The minimum absolute atomic E-state index is 0.0113. The van der Waals surface area contributed by atoms with Gasteiger partial charge in [0.25, 0.3) is 0 Å². The number of rotatable bonds is 4. The number of hydrogen-bond donors (Lipinski definition) is 2. The van der Waals surface area contributed by atoms with Gasteiger partial charge in [0.2, 0.25) is 5.91 Å². The Morgan fingerprint density at radius 2 is 1.85 bits per heavy atom. The molecule has 1 saturated heterocycles. The summed E-state index contributed by atoms with van der Waals surface area (Å²) in [6.07, 6.45) is 2.14. The van der Waals surface area contributed by atoms with Gasteiger partial charge in [-0.25, -0.2) is 5.84 Å². The molecule has 1 fully saturated rings. The van der Waals surface area contributed by atoms with Crippen molar-refractivity contribution < 1.29 is 9.59 Å². The van der Waals surface area contributed by atoms with Gasteiger partial charge >= 0.3 is 0 Å². The van der Waals surface area contributed by atoms with E-state index in [1.165, 1.54) is 0 Å². The van der Waals surface area contributed by atoms with Crippen LogP contribution in [0.1, 0.15) is 36.5 Å². The lowest BCUT2D eigenvalue weighted by Crippen LogP contribution is -2.42. The zero-order valence-corrected chi connectivity index (χ0v) is 11.8. The van der Waals surface area contributed by atoms with Gasteiger partial charge in [-0.05, 0) is 37.1 Å². The molecule has 5 nitrogen and oxygen atoms in total. The minimum Gasteiger partial charge on any atom is -0.371 e. The van der Waals surface area contributed by atoms with Crippen LogP contribution >= 0.6 is 0 Å². The third kappa shape index (κ3) is 3.17. The Balaban J connectivity index is 1.97. The van der Waals surface area contributed by atoms with E-state index in [9.17, 15) is 9.59 Å². The number of nitrogens with zero attached hydrogens (tertiary/aromatic N) is 1. The monoisotopic (exact) mass is 275 g/mol. The molecule has 2 rings (SSSR count). The van der Waals surface area contributed by atoms with Crippen LogP contribution < -0.4 is 16.2 Å². The van der Waals surface area contributed by atoms with Gasteiger partial charge < -0.3 is 4.90 Å². The molecule has 1 aromatic carbocycles. The van der Waals surface area contributed by atoms with E-state index in [0.29, 0.717) is 6.42 Å². The van der Waals surface area contributed by atoms with Crippen LogP contribution in [-0.4, -0.2) is 24.8 Å². The fourth-order valence-electron chi connectivity index (χ4n) is 2.58. The Morgan fingerprint density at radius 1 is 1.25 bits per heavy atom. The molecule has 1 aromatic rings. The third-order valence-corrected chi connectivity index (χ3v) is 3.88. The molecule has 0 radical (unpaired) electrons. The lowest BCUT2D eigenvalue weighted by Gasteiger charge is -2.32. The highest BCUT2D eigenvalue weighted by molar-refractivity contribution is 5.96. The minimum atomic E-state index is -0.0754. The van der Waals surface area contributed by atoms with Crippen LogP contribution in [0.15, 0.2) is 24.3 Å². The van der Waals surface area contributed by atoms with Crippen LogP contribution in [0.5, 0.6) is 0 Å². The van der Waals surface area contributed by atoms with E-state index in [1.54, 1.807) is 0 Å². The zero-order valence-electron chi connectivity index (χ0n) is 11.8. The fraction of sp³-hybridized carbons (Fsp3) is 0.467. The van der Waals surface area contributed by atoms with Crippen molar-refractivity contribution in [1.29, 1.82) is 0 Å². The van der Waals surface area contributed by atoms with Crippen LogP contribution in [0.3, 0.4) is 0 Å². The number of Topliss-reactive ketones (excluding diaryl/α,β-unsaturated/α-hetero) is 1. The van der Waals surface area contributed by atoms with E-state index >= 15 is 0 Å². The number of piperidine rings is 1. The molecule has 0 atom stereocenters. The first-order chi connectivity index (χ1) is 9.65. The van der Waals surface area contributed by atoms with Crippen molar-refractivity contribution >= 4 is 17.4 Å². The highest BCUT2D eigenvalue weighted by Crippen LogP contribution is 2.23. The van der Waals surface area contributed by atoms with Crippen LogP contribution in [0, 0.1) is 5.92 Å². The van der Waals surface area contributed by atoms with Crippen LogP contribution in [0.25, 0.3) is 0 Å². The lowest BCUT2D eigenvalue weighted by molar-refractivity contribution is -0.125. The maximum atomic E-state index is 11.6. The number of ketones is 1. The van der Waals surface area contributed by atoms with Gasteiger partial charge in [0, 0.05) is 36.7 Å². The molecule has 108 valence electrons. The molecule has 5 heteroatoms. The predicted octanol–water partition coefficient (Wildman–Crippen LogP) is 1.49. The van der Waals surface area contributed by atoms with Crippen molar-refractivity contribution in [2.75, 3.05) is 18.0 Å². The summed E-state index contributed by atoms with van der Waals surface area (Å²) in [6.45, 7) is 3.53. The maximum absolute atomic E-state index is 11.6. The number of hydrogen-bond acceptors (Lipinski definition) is 4. The van der Waals surface area contributed by atoms with E-state index in [0.717, 1.165) is 37.2 Å². The van der Waals surface area contributed by atoms with Crippen molar-refractivity contribution in [3.8, 4) is 0 Å². The zero-order chi connectivity index (χ0) is 14.5. The quantitative estimate of drug-likeness (QED) is 0.378. The van der Waals surface area contributed by atoms with Gasteiger partial charge in [0.15, 0.2) is 5.78 Å². The first-order valence-corrected chi connectivity index (χ1v) is 7.04. The molecule has 1 aliphatic heterocycles. The summed E-state index contributed by atoms with van der Waals surface area (Å²) in [5, 5.41) is 0. The molecular weight excluding hydrogens is 254 g/mol. The molecule has 3 N–H and O–H groups in total. The van der Waals surface area contributed by atoms with Gasteiger partial charge in [-0.2, -0.15) is 0 Å². The number of hydrazine groups is 1. The van der Waals surface area contributed by atoms with Crippen molar-refractivity contribution in [2.45, 2.75) is 26.2 Å². The second-order valence-electron chi connectivity index (χ2n) is 5.09. The molecule has 0 aromatic heterocycles. The molecular formula is C15H21N3O2. The Hall–Kier alpha value is -1.88. The SMILES string of the molecule is CCC(=O)c1ccc(N2CCC(C(=O)NN)CC2)cc1. The standard InChI is InChI=1S/C15H21N3O2/c1-2-14(19)11-3-5-13(6-4-11)18-9-7-12(8-10-18)15(20)17-16/h3-6,12H,2,7-10,16H2,1H3,(H,17,20). The summed E-state index contributed by atoms with van der Waals surface area (Å²) in [6, 6.07) is 7.71. The number of amides is 1. The van der Waals surface area contributed by atoms with E-state index in [4.69, 9.17) is 5.84 Å². The number of nitrogens with two attached hydrogens (primary N) is 1. The fourth-order valence-corrected chi connectivity index (χ4v) is 2.58. The summed E-state index contributed by atoms with van der Waals surface area (Å²) in [7, 11) is 0. The number of carbonyl (C=O) groups excluding carboxylic acids is 2. The molecule has 1 heterocycles. The summed E-state index contributed by atoms with van der Waals surface area (Å²) < 4.78 is 0. The Kier molecular flexibility index (Phi) is 4.74. The summed E-state index contributed by atoms with van der Waals surface area (Å²) in [4.78, 5) is 25.3. The van der Waals surface area contributed by atoms with Gasteiger partial charge in [-0.15, -0.1) is 0 Å². The number of anilines is 1. The highest BCUT2D eigenvalue weighted by Gasteiger charge is 2.24. The second kappa shape index (κ2) is 6.52. The topological polar surface area (TPSA) is 75.4 Å². The van der Waals surface area contributed by atoms with Crippen molar-refractivity contribution in [2.24, 2.45) is 11.8 Å². The smallest absolute Gasteiger partial charge is 0.237 e. The largest absolute Gasteiger partial charge is 0.371 e. The van der Waals surface area contributed by atoms with Gasteiger partial charge in [0.1, 0.15) is 0 Å². The summed E-state index contributed by atoms with van der Waals surface area (Å²) in [5.41, 5.74) is 4.08. The average Bonchev–Trinajstić information content (AvgIpc) is 2.53. The van der Waals surface area contributed by atoms with Gasteiger partial charge in [-0.3, -0.25) is 15.0 Å². The van der Waals surface area contributed by atoms with Gasteiger partial charge in [-0.1, -0.05) is 6.92 Å². The van der Waals surface area contributed by atoms with Crippen LogP contribution in [-0.2, 0) is 4.79 Å². The van der Waals surface area contributed by atoms with E-state index in [2.05, 4.69) is 10.3 Å². The van der Waals surface area contributed by atoms with E-state index in [-0.39, 0.29) is 17.6 Å². The van der Waals surface area contributed by atoms with Crippen LogP contribution in [0.2, 0.25) is 0 Å². The average molecular weight is 275 g/mol. The van der Waals surface area contributed by atoms with E-state index in [1.807, 2.05) is 31.2 Å². The molecule has 1 amide bonds. The maximum Gasteiger partial charge on any atom is 0.237 e. The molecule has 0 unspecified atom stereocenters. The second-order valence-corrected chi connectivity index (χ2v) is 5.09. The number of benzene rings is 1. The normalized spacial score (nSPS) is 16.0. The van der Waals surface area contributed by atoms with E-state index < -0.39 is 0 Å². The first-order valence-electron chi connectivity index (χ1n) is 7.04. The Bertz CT molecular complexity index is 476. The van der Waals surface area contributed by atoms with Gasteiger partial charge in [0.05, 0.1) is 0 Å². The lowest BCUT2D eigenvalue weighted by atomic mass is 9.95.